The number of carbonyl (C=O) groups is 3. The summed E-state index contributed by atoms with van der Waals surface area (Å²) in [6.45, 7) is 4.95. The van der Waals surface area contributed by atoms with Crippen LogP contribution in [0.4, 0.5) is 0 Å². The maximum absolute atomic E-state index is 14.0. The van der Waals surface area contributed by atoms with Crippen molar-refractivity contribution in [3.63, 3.8) is 0 Å². The number of ether oxygens (including phenoxy) is 2. The number of allylic oxidation sites excluding steroid dienone is 2. The van der Waals surface area contributed by atoms with E-state index in [2.05, 4.69) is 12.2 Å². The number of carbonyl (C=O) groups excluding carboxylic acids is 3. The van der Waals surface area contributed by atoms with Crippen LogP contribution >= 0.6 is 0 Å². The molecule has 0 saturated heterocycles. The first kappa shape index (κ1) is 32.2. The molecule has 11 nitrogen and oxygen atoms in total. The highest BCUT2D eigenvalue weighted by atomic mass is 16.5. The number of nitrogens with two attached hydrogens (primary N) is 1. The minimum atomic E-state index is -2.60. The predicted octanol–water partition coefficient (Wildman–Crippen LogP) is 3.55. The average Bonchev–Trinajstić information content (AvgIpc) is 3.00. The van der Waals surface area contributed by atoms with E-state index in [0.29, 0.717) is 35.6 Å². The van der Waals surface area contributed by atoms with Gasteiger partial charge in [-0.3, -0.25) is 14.4 Å². The number of nitrogens with one attached hydrogen (secondary N) is 1. The van der Waals surface area contributed by atoms with Crippen LogP contribution in [0.25, 0.3) is 11.1 Å². The zero-order chi connectivity index (χ0) is 32.5. The largest absolute Gasteiger partial charge is 0.511 e. The number of aliphatic hydroxyl groups is 3. The standard InChI is InChI=1S/C34H40N2O9/c1-3-4-11-45-12-5-10-36-17-18-6-9-26(44-2)22(13-18)21-7-8-24(37)28-23(21)15-19-14-20-16-25(38)29(33(35)42)32(41)34(20,43)31(40)27(19)30(28)39/h6-9,13,19-20,36-38,40,43H,3-5,10-12,14-17H2,1-2H3,(H2,35,42)/t19-,20+,34+/m1/s1. The van der Waals surface area contributed by atoms with Crippen molar-refractivity contribution < 1.29 is 44.3 Å². The van der Waals surface area contributed by atoms with Gasteiger partial charge in [0, 0.05) is 43.2 Å². The van der Waals surface area contributed by atoms with Gasteiger partial charge < -0.3 is 41.0 Å². The van der Waals surface area contributed by atoms with Gasteiger partial charge >= 0.3 is 0 Å². The molecule has 0 aliphatic heterocycles. The number of ketones is 2. The van der Waals surface area contributed by atoms with Gasteiger partial charge in [-0.25, -0.2) is 0 Å². The maximum Gasteiger partial charge on any atom is 0.255 e. The van der Waals surface area contributed by atoms with Crippen LogP contribution in [-0.4, -0.2) is 70.4 Å². The third-order valence-electron chi connectivity index (χ3n) is 9.11. The molecule has 11 heteroatoms. The number of hydrogen-bond acceptors (Lipinski definition) is 10. The van der Waals surface area contributed by atoms with Crippen LogP contribution in [0.2, 0.25) is 0 Å². The lowest BCUT2D eigenvalue weighted by molar-refractivity contribution is -0.144. The second kappa shape index (κ2) is 13.0. The van der Waals surface area contributed by atoms with E-state index >= 15 is 0 Å². The number of aromatic hydroxyl groups is 1. The number of fused-ring (bicyclic) bond motifs is 3. The molecule has 3 aliphatic carbocycles. The number of rotatable bonds is 12. The number of phenols is 1. The highest BCUT2D eigenvalue weighted by Gasteiger charge is 2.59. The second-order valence-corrected chi connectivity index (χ2v) is 11.9. The summed E-state index contributed by atoms with van der Waals surface area (Å²) in [5.41, 5.74) is 4.54. The molecule has 1 amide bonds. The van der Waals surface area contributed by atoms with Gasteiger partial charge in [-0.05, 0) is 73.0 Å². The summed E-state index contributed by atoms with van der Waals surface area (Å²) in [5, 5.41) is 47.5. The third-order valence-corrected chi connectivity index (χ3v) is 9.11. The molecule has 2 aromatic rings. The molecule has 0 radical (unpaired) electrons. The van der Waals surface area contributed by atoms with Crippen LogP contribution in [0.15, 0.2) is 53.0 Å². The van der Waals surface area contributed by atoms with Crippen molar-refractivity contribution in [3.05, 3.63) is 69.7 Å². The molecular formula is C34H40N2O9. The van der Waals surface area contributed by atoms with Crippen LogP contribution in [0.1, 0.15) is 60.5 Å². The van der Waals surface area contributed by atoms with Crippen LogP contribution < -0.4 is 15.8 Å². The Balaban J connectivity index is 1.47. The zero-order valence-corrected chi connectivity index (χ0v) is 25.5. The number of hydrogen-bond donors (Lipinski definition) is 6. The fourth-order valence-corrected chi connectivity index (χ4v) is 6.83. The minimum Gasteiger partial charge on any atom is -0.511 e. The summed E-state index contributed by atoms with van der Waals surface area (Å²) in [7, 11) is 1.55. The van der Waals surface area contributed by atoms with E-state index in [1.54, 1.807) is 13.2 Å². The Hall–Kier alpha value is -4.19. The fourth-order valence-electron chi connectivity index (χ4n) is 6.83. The number of Topliss-reactive ketones (excluding diaryl/α,β-unsaturated/α-hetero) is 2. The second-order valence-electron chi connectivity index (χ2n) is 11.9. The van der Waals surface area contributed by atoms with Gasteiger partial charge in [0.2, 0.25) is 5.78 Å². The smallest absolute Gasteiger partial charge is 0.255 e. The zero-order valence-electron chi connectivity index (χ0n) is 25.5. The van der Waals surface area contributed by atoms with Gasteiger partial charge in [0.15, 0.2) is 11.4 Å². The van der Waals surface area contributed by atoms with Crippen molar-refractivity contribution in [1.82, 2.24) is 5.32 Å². The van der Waals surface area contributed by atoms with Crippen LogP contribution in [-0.2, 0) is 27.3 Å². The fraction of sp³-hybridized carbons (Fsp3) is 0.441. The molecule has 0 spiro atoms. The molecule has 0 fully saturated rings. The quantitative estimate of drug-likeness (QED) is 0.151. The highest BCUT2D eigenvalue weighted by Crippen LogP contribution is 2.52. The molecular weight excluding hydrogens is 580 g/mol. The molecule has 0 aromatic heterocycles. The summed E-state index contributed by atoms with van der Waals surface area (Å²) in [6.07, 6.45) is 3.00. The van der Waals surface area contributed by atoms with E-state index in [0.717, 1.165) is 38.0 Å². The molecule has 3 atom stereocenters. The van der Waals surface area contributed by atoms with E-state index in [9.17, 15) is 34.8 Å². The van der Waals surface area contributed by atoms with Gasteiger partial charge in [-0.1, -0.05) is 25.5 Å². The van der Waals surface area contributed by atoms with Crippen molar-refractivity contribution in [2.75, 3.05) is 26.9 Å². The predicted molar refractivity (Wildman–Crippen MR) is 165 cm³/mol. The van der Waals surface area contributed by atoms with Crippen molar-refractivity contribution in [3.8, 4) is 22.6 Å². The molecule has 0 saturated carbocycles. The maximum atomic E-state index is 14.0. The number of phenolic OH excluding ortho intramolecular Hbond substituents is 1. The molecule has 240 valence electrons. The number of aliphatic hydroxyl groups excluding tert-OH is 2. The molecule has 45 heavy (non-hydrogen) atoms. The highest BCUT2D eigenvalue weighted by molar-refractivity contribution is 6.24. The number of methoxy groups -OCH3 is 1. The third kappa shape index (κ3) is 5.71. The summed E-state index contributed by atoms with van der Waals surface area (Å²) >= 11 is 0. The Labute approximate surface area is 261 Å². The Morgan fingerprint density at radius 2 is 1.82 bits per heavy atom. The summed E-state index contributed by atoms with van der Waals surface area (Å²) in [6, 6.07) is 8.88. The van der Waals surface area contributed by atoms with E-state index in [4.69, 9.17) is 15.2 Å². The van der Waals surface area contributed by atoms with Gasteiger partial charge in [0.1, 0.15) is 28.6 Å². The number of amides is 1. The van der Waals surface area contributed by atoms with Crippen molar-refractivity contribution in [2.24, 2.45) is 17.6 Å². The van der Waals surface area contributed by atoms with E-state index < -0.39 is 52.0 Å². The Morgan fingerprint density at radius 1 is 1.07 bits per heavy atom. The van der Waals surface area contributed by atoms with Crippen LogP contribution in [0.3, 0.4) is 0 Å². The molecule has 2 aromatic carbocycles. The molecule has 0 bridgehead atoms. The van der Waals surface area contributed by atoms with E-state index in [1.807, 2.05) is 18.2 Å². The first-order valence-corrected chi connectivity index (χ1v) is 15.3. The van der Waals surface area contributed by atoms with E-state index in [-0.39, 0.29) is 36.1 Å². The Kier molecular flexibility index (Phi) is 9.33. The van der Waals surface area contributed by atoms with E-state index in [1.165, 1.54) is 6.07 Å². The van der Waals surface area contributed by atoms with Gasteiger partial charge in [0.25, 0.3) is 5.91 Å². The summed E-state index contributed by atoms with van der Waals surface area (Å²) < 4.78 is 11.3. The Bertz CT molecular complexity index is 1590. The van der Waals surface area contributed by atoms with Gasteiger partial charge in [0.05, 0.1) is 12.7 Å². The topological polar surface area (TPSA) is 189 Å². The van der Waals surface area contributed by atoms with Gasteiger partial charge in [-0.2, -0.15) is 0 Å². The normalized spacial score (nSPS) is 22.6. The number of primary amides is 1. The summed E-state index contributed by atoms with van der Waals surface area (Å²) in [4.78, 5) is 39.1. The lowest BCUT2D eigenvalue weighted by atomic mass is 9.60. The molecule has 3 aliphatic rings. The molecule has 7 N–H and O–H groups in total. The van der Waals surface area contributed by atoms with Crippen molar-refractivity contribution in [1.29, 1.82) is 0 Å². The first-order valence-electron chi connectivity index (χ1n) is 15.3. The Morgan fingerprint density at radius 3 is 2.53 bits per heavy atom. The lowest BCUT2D eigenvalue weighted by Crippen LogP contribution is -2.57. The van der Waals surface area contributed by atoms with Crippen LogP contribution in [0.5, 0.6) is 11.5 Å². The lowest BCUT2D eigenvalue weighted by Gasteiger charge is -2.45. The molecule has 5 rings (SSSR count). The number of benzene rings is 2. The van der Waals surface area contributed by atoms with Crippen molar-refractivity contribution in [2.45, 2.75) is 57.6 Å². The number of unbranched alkanes of at least 4 members (excludes halogenated alkanes) is 1. The monoisotopic (exact) mass is 620 g/mol. The van der Waals surface area contributed by atoms with Crippen LogP contribution in [0, 0.1) is 11.8 Å². The molecule has 0 heterocycles. The summed E-state index contributed by atoms with van der Waals surface area (Å²) in [5.74, 6) is -6.03. The molecule has 0 unspecified atom stereocenters. The SMILES string of the molecule is CCCCOCCCNCc1ccc(OC)c(-c2ccc(O)c3c2C[C@H]2C[C@H]4CC(O)=C(C(N)=O)C(=O)[C@@]4(O)C(O)=C2C3=O)c1. The average molecular weight is 621 g/mol. The minimum absolute atomic E-state index is 0.0437. The van der Waals surface area contributed by atoms with Crippen molar-refractivity contribution >= 4 is 17.5 Å². The first-order chi connectivity index (χ1) is 21.5. The van der Waals surface area contributed by atoms with Gasteiger partial charge in [-0.15, -0.1) is 0 Å².